The topological polar surface area (TPSA) is 38.3 Å². The first-order valence-electron chi connectivity index (χ1n) is 3.19. The van der Waals surface area contributed by atoms with Gasteiger partial charge in [-0.25, -0.2) is 4.39 Å². The normalized spacial score (nSPS) is 29.3. The van der Waals surface area contributed by atoms with Crippen molar-refractivity contribution in [3.05, 3.63) is 0 Å². The van der Waals surface area contributed by atoms with Crippen molar-refractivity contribution in [2.45, 2.75) is 18.6 Å². The van der Waals surface area contributed by atoms with E-state index in [1.807, 2.05) is 0 Å². The van der Waals surface area contributed by atoms with Crippen LogP contribution in [0.15, 0.2) is 0 Å². The summed E-state index contributed by atoms with van der Waals surface area (Å²) in [6, 6.07) is -0.431. The number of carbonyl (C=O) groups excluding carboxylic acids is 1. The van der Waals surface area contributed by atoms with Gasteiger partial charge in [0.25, 0.3) is 0 Å². The molecule has 0 aliphatic carbocycles. The van der Waals surface area contributed by atoms with Crippen LogP contribution in [0.5, 0.6) is 0 Å². The smallest absolute Gasteiger partial charge is 0.322 e. The van der Waals surface area contributed by atoms with Gasteiger partial charge >= 0.3 is 5.97 Å². The Morgan fingerprint density at radius 1 is 1.73 bits per heavy atom. The van der Waals surface area contributed by atoms with E-state index in [4.69, 9.17) is 0 Å². The molecule has 0 aromatic heterocycles. The van der Waals surface area contributed by atoms with E-state index >= 15 is 0 Å². The summed E-state index contributed by atoms with van der Waals surface area (Å²) in [5.74, 6) is -0.375. The Morgan fingerprint density at radius 2 is 2.36 bits per heavy atom. The number of ether oxygens (including phenoxy) is 1. The molecule has 0 aromatic rings. The molecule has 1 saturated heterocycles. The Kier molecular flexibility index (Phi) is 4.37. The van der Waals surface area contributed by atoms with Crippen molar-refractivity contribution in [3.8, 4) is 0 Å². The minimum Gasteiger partial charge on any atom is -0.468 e. The van der Waals surface area contributed by atoms with Gasteiger partial charge in [0.15, 0.2) is 0 Å². The van der Waals surface area contributed by atoms with Crippen LogP contribution in [0.25, 0.3) is 0 Å². The van der Waals surface area contributed by atoms with Gasteiger partial charge in [-0.05, 0) is 0 Å². The molecule has 0 spiro atoms. The van der Waals surface area contributed by atoms with Crippen molar-refractivity contribution in [2.24, 2.45) is 0 Å². The minimum absolute atomic E-state index is 0. The van der Waals surface area contributed by atoms with Crippen molar-refractivity contribution < 1.29 is 13.9 Å². The summed E-state index contributed by atoms with van der Waals surface area (Å²) < 4.78 is 16.8. The zero-order valence-electron chi connectivity index (χ0n) is 6.17. The lowest BCUT2D eigenvalue weighted by Gasteiger charge is -2.04. The lowest BCUT2D eigenvalue weighted by Crippen LogP contribution is -2.31. The molecule has 0 bridgehead atoms. The van der Waals surface area contributed by atoms with Crippen molar-refractivity contribution in [1.29, 1.82) is 0 Å². The largest absolute Gasteiger partial charge is 0.468 e. The van der Waals surface area contributed by atoms with Crippen LogP contribution in [0.1, 0.15) is 6.42 Å². The maximum absolute atomic E-state index is 12.4. The number of esters is 1. The van der Waals surface area contributed by atoms with E-state index in [0.717, 1.165) is 0 Å². The molecule has 1 fully saturated rings. The molecule has 3 nitrogen and oxygen atoms in total. The van der Waals surface area contributed by atoms with Gasteiger partial charge in [0, 0.05) is 13.0 Å². The van der Waals surface area contributed by atoms with Crippen LogP contribution in [-0.2, 0) is 9.53 Å². The van der Waals surface area contributed by atoms with Gasteiger partial charge in [0.2, 0.25) is 0 Å². The fourth-order valence-electron chi connectivity index (χ4n) is 1.01. The number of halogens is 2. The number of rotatable bonds is 1. The van der Waals surface area contributed by atoms with Gasteiger partial charge in [-0.2, -0.15) is 0 Å². The predicted molar refractivity (Wildman–Crippen MR) is 40.6 cm³/mol. The summed E-state index contributed by atoms with van der Waals surface area (Å²) in [6.07, 6.45) is -0.656. The SMILES string of the molecule is COC(=O)[C@@H]1C[C@@H](F)CN1.Cl. The second-order valence-electron chi connectivity index (χ2n) is 2.32. The monoisotopic (exact) mass is 183 g/mol. The van der Waals surface area contributed by atoms with E-state index in [1.54, 1.807) is 0 Å². The number of alkyl halides is 1. The summed E-state index contributed by atoms with van der Waals surface area (Å²) in [4.78, 5) is 10.7. The summed E-state index contributed by atoms with van der Waals surface area (Å²) in [5.41, 5.74) is 0. The molecule has 11 heavy (non-hydrogen) atoms. The number of hydrogen-bond donors (Lipinski definition) is 1. The molecule has 0 amide bonds. The second kappa shape index (κ2) is 4.51. The van der Waals surface area contributed by atoms with Gasteiger partial charge in [-0.15, -0.1) is 12.4 Å². The van der Waals surface area contributed by atoms with E-state index < -0.39 is 12.2 Å². The van der Waals surface area contributed by atoms with E-state index in [9.17, 15) is 9.18 Å². The van der Waals surface area contributed by atoms with E-state index in [1.165, 1.54) is 7.11 Å². The van der Waals surface area contributed by atoms with Crippen molar-refractivity contribution >= 4 is 18.4 Å². The first-order valence-corrected chi connectivity index (χ1v) is 3.19. The molecular weight excluding hydrogens is 173 g/mol. The average Bonchev–Trinajstić information content (AvgIpc) is 2.34. The molecule has 1 rings (SSSR count). The highest BCUT2D eigenvalue weighted by atomic mass is 35.5. The van der Waals surface area contributed by atoms with Crippen LogP contribution in [0.2, 0.25) is 0 Å². The number of hydrogen-bond acceptors (Lipinski definition) is 3. The molecule has 66 valence electrons. The molecule has 2 atom stereocenters. The van der Waals surface area contributed by atoms with Crippen LogP contribution < -0.4 is 5.32 Å². The van der Waals surface area contributed by atoms with Crippen LogP contribution in [0.4, 0.5) is 4.39 Å². The van der Waals surface area contributed by atoms with Gasteiger partial charge < -0.3 is 10.1 Å². The minimum atomic E-state index is -0.899. The number of carbonyl (C=O) groups is 1. The predicted octanol–water partition coefficient (Wildman–Crippen LogP) is 0.281. The van der Waals surface area contributed by atoms with Crippen LogP contribution in [-0.4, -0.2) is 31.8 Å². The zero-order chi connectivity index (χ0) is 7.56. The molecule has 0 unspecified atom stereocenters. The third kappa shape index (κ3) is 2.63. The Bertz CT molecular complexity index is 145. The third-order valence-electron chi connectivity index (χ3n) is 1.56. The fraction of sp³-hybridized carbons (Fsp3) is 0.833. The molecule has 5 heteroatoms. The van der Waals surface area contributed by atoms with Gasteiger partial charge in [-0.1, -0.05) is 0 Å². The molecule has 0 radical (unpaired) electrons. The summed E-state index contributed by atoms with van der Waals surface area (Å²) >= 11 is 0. The van der Waals surface area contributed by atoms with Gasteiger partial charge in [-0.3, -0.25) is 4.79 Å². The fourth-order valence-corrected chi connectivity index (χ4v) is 1.01. The highest BCUT2D eigenvalue weighted by Crippen LogP contribution is 2.10. The van der Waals surface area contributed by atoms with E-state index in [0.29, 0.717) is 0 Å². The van der Waals surface area contributed by atoms with Gasteiger partial charge in [0.1, 0.15) is 12.2 Å². The molecule has 0 saturated carbocycles. The molecule has 1 heterocycles. The molecule has 1 aliphatic rings. The summed E-state index contributed by atoms with van der Waals surface area (Å²) in [6.45, 7) is 0.264. The Balaban J connectivity index is 0.000001000. The Labute approximate surface area is 70.7 Å². The number of nitrogens with one attached hydrogen (secondary N) is 1. The Morgan fingerprint density at radius 3 is 2.73 bits per heavy atom. The maximum atomic E-state index is 12.4. The highest BCUT2D eigenvalue weighted by molar-refractivity contribution is 5.85. The standard InChI is InChI=1S/C6H10FNO2.ClH/c1-10-6(9)5-2-4(7)3-8-5;/h4-5,8H,2-3H2,1H3;1H/t4-,5+;/m1./s1. The maximum Gasteiger partial charge on any atom is 0.322 e. The van der Waals surface area contributed by atoms with Gasteiger partial charge in [0.05, 0.1) is 7.11 Å². The second-order valence-corrected chi connectivity index (χ2v) is 2.32. The summed E-state index contributed by atoms with van der Waals surface area (Å²) in [7, 11) is 1.30. The third-order valence-corrected chi connectivity index (χ3v) is 1.56. The van der Waals surface area contributed by atoms with Crippen molar-refractivity contribution in [2.75, 3.05) is 13.7 Å². The lowest BCUT2D eigenvalue weighted by molar-refractivity contribution is -0.142. The van der Waals surface area contributed by atoms with E-state index in [2.05, 4.69) is 10.1 Å². The lowest BCUT2D eigenvalue weighted by atomic mass is 10.2. The quantitative estimate of drug-likeness (QED) is 0.594. The van der Waals surface area contributed by atoms with Crippen LogP contribution >= 0.6 is 12.4 Å². The molecular formula is C6H11ClFNO2. The average molecular weight is 184 g/mol. The molecule has 1 aliphatic heterocycles. The molecule has 0 aromatic carbocycles. The summed E-state index contributed by atoms with van der Waals surface area (Å²) in [5, 5.41) is 2.71. The van der Waals surface area contributed by atoms with Crippen LogP contribution in [0.3, 0.4) is 0 Å². The highest BCUT2D eigenvalue weighted by Gasteiger charge is 2.29. The molecule has 1 N–H and O–H groups in total. The van der Waals surface area contributed by atoms with E-state index in [-0.39, 0.29) is 31.3 Å². The number of methoxy groups -OCH3 is 1. The van der Waals surface area contributed by atoms with Crippen molar-refractivity contribution in [3.63, 3.8) is 0 Å². The zero-order valence-corrected chi connectivity index (χ0v) is 6.99. The first kappa shape index (κ1) is 10.7. The Hall–Kier alpha value is -0.350. The first-order chi connectivity index (χ1) is 4.74. The van der Waals surface area contributed by atoms with Crippen LogP contribution in [0, 0.1) is 0 Å². The van der Waals surface area contributed by atoms with Crippen molar-refractivity contribution in [1.82, 2.24) is 5.32 Å².